The topological polar surface area (TPSA) is 49.4 Å². The van der Waals surface area contributed by atoms with Crippen LogP contribution in [0.4, 0.5) is 4.39 Å². The van der Waals surface area contributed by atoms with Crippen LogP contribution in [-0.4, -0.2) is 33.0 Å². The molecule has 1 N–H and O–H groups in total. The summed E-state index contributed by atoms with van der Waals surface area (Å²) in [6, 6.07) is 13.1. The quantitative estimate of drug-likeness (QED) is 0.775. The largest absolute Gasteiger partial charge is 0.295 e. The van der Waals surface area contributed by atoms with E-state index in [1.165, 1.54) is 6.07 Å². The third kappa shape index (κ3) is 4.82. The summed E-state index contributed by atoms with van der Waals surface area (Å²) in [7, 11) is -3.54. The van der Waals surface area contributed by atoms with Crippen LogP contribution in [0, 0.1) is 5.82 Å². The number of likely N-dealkylation sites (tertiary alicyclic amines) is 1. The number of sulfonamides is 1. The second kappa shape index (κ2) is 8.48. The maximum Gasteiger partial charge on any atom is 0.215 e. The number of rotatable bonds is 7. The third-order valence-electron chi connectivity index (χ3n) is 4.61. The Bertz CT molecular complexity index is 820. The number of halogens is 2. The molecule has 1 atom stereocenters. The van der Waals surface area contributed by atoms with Gasteiger partial charge in [0.2, 0.25) is 10.0 Å². The minimum Gasteiger partial charge on any atom is -0.295 e. The Hall–Kier alpha value is -1.47. The fraction of sp³-hybridized carbons (Fsp3) is 0.368. The lowest BCUT2D eigenvalue weighted by atomic mass is 10.0. The van der Waals surface area contributed by atoms with E-state index in [4.69, 9.17) is 11.6 Å². The second-order valence-corrected chi connectivity index (χ2v) is 8.70. The first kappa shape index (κ1) is 19.3. The number of benzene rings is 2. The van der Waals surface area contributed by atoms with Crippen molar-refractivity contribution >= 4 is 21.6 Å². The Morgan fingerprint density at radius 1 is 1.08 bits per heavy atom. The molecule has 0 spiro atoms. The molecule has 1 unspecified atom stereocenters. The average molecular weight is 397 g/mol. The molecule has 1 fully saturated rings. The van der Waals surface area contributed by atoms with Gasteiger partial charge in [0.1, 0.15) is 5.82 Å². The molecule has 1 saturated heterocycles. The van der Waals surface area contributed by atoms with Crippen LogP contribution in [0.5, 0.6) is 0 Å². The van der Waals surface area contributed by atoms with Crippen molar-refractivity contribution in [2.24, 2.45) is 0 Å². The van der Waals surface area contributed by atoms with Gasteiger partial charge in [0, 0.05) is 17.1 Å². The molecule has 0 bridgehead atoms. The van der Waals surface area contributed by atoms with Gasteiger partial charge in [0.05, 0.1) is 11.8 Å². The van der Waals surface area contributed by atoms with Crippen molar-refractivity contribution in [3.05, 3.63) is 70.5 Å². The molecule has 1 aliphatic heterocycles. The standard InChI is InChI=1S/C19H22ClFN2O2S/c20-16-9-6-10-17(21)19(16)18(23-11-4-5-12-23)13-22-26(24,25)14-15-7-2-1-3-8-15/h1-3,6-10,18,22H,4-5,11-14H2. The van der Waals surface area contributed by atoms with Crippen LogP contribution in [0.25, 0.3) is 0 Å². The number of hydrogen-bond donors (Lipinski definition) is 1. The van der Waals surface area contributed by atoms with E-state index in [0.29, 0.717) is 16.1 Å². The van der Waals surface area contributed by atoms with E-state index in [-0.39, 0.29) is 12.3 Å². The Kier molecular flexibility index (Phi) is 6.29. The van der Waals surface area contributed by atoms with E-state index < -0.39 is 21.9 Å². The Labute approximate surface area is 159 Å². The van der Waals surface area contributed by atoms with Crippen LogP contribution in [0.1, 0.15) is 30.0 Å². The highest BCUT2D eigenvalue weighted by Gasteiger charge is 2.29. The van der Waals surface area contributed by atoms with Gasteiger partial charge in [-0.15, -0.1) is 0 Å². The first-order valence-electron chi connectivity index (χ1n) is 8.65. The molecule has 2 aromatic rings. The molecule has 3 rings (SSSR count). The van der Waals surface area contributed by atoms with E-state index in [0.717, 1.165) is 25.9 Å². The molecule has 0 saturated carbocycles. The predicted octanol–water partition coefficient (Wildman–Crippen LogP) is 3.74. The average Bonchev–Trinajstić information content (AvgIpc) is 3.12. The molecule has 0 amide bonds. The maximum atomic E-state index is 14.4. The molecule has 1 aliphatic rings. The van der Waals surface area contributed by atoms with Gasteiger partial charge in [-0.2, -0.15) is 0 Å². The Morgan fingerprint density at radius 3 is 2.42 bits per heavy atom. The van der Waals surface area contributed by atoms with Crippen molar-refractivity contribution in [3.63, 3.8) is 0 Å². The van der Waals surface area contributed by atoms with Crippen molar-refractivity contribution in [2.45, 2.75) is 24.6 Å². The fourth-order valence-electron chi connectivity index (χ4n) is 3.35. The van der Waals surface area contributed by atoms with Gasteiger partial charge < -0.3 is 0 Å². The summed E-state index contributed by atoms with van der Waals surface area (Å²) in [5.41, 5.74) is 1.07. The number of hydrogen-bond acceptors (Lipinski definition) is 3. The van der Waals surface area contributed by atoms with E-state index in [9.17, 15) is 12.8 Å². The lowest BCUT2D eigenvalue weighted by molar-refractivity contribution is 0.241. The molecule has 4 nitrogen and oxygen atoms in total. The SMILES string of the molecule is O=S(=O)(Cc1ccccc1)NCC(c1c(F)cccc1Cl)N1CCCC1. The van der Waals surface area contributed by atoms with Gasteiger partial charge in [-0.25, -0.2) is 17.5 Å². The van der Waals surface area contributed by atoms with Crippen LogP contribution in [0.3, 0.4) is 0 Å². The highest BCUT2D eigenvalue weighted by molar-refractivity contribution is 7.88. The second-order valence-electron chi connectivity index (χ2n) is 6.49. The number of nitrogens with zero attached hydrogens (tertiary/aromatic N) is 1. The number of nitrogens with one attached hydrogen (secondary N) is 1. The summed E-state index contributed by atoms with van der Waals surface area (Å²) in [5.74, 6) is -0.511. The monoisotopic (exact) mass is 396 g/mol. The van der Waals surface area contributed by atoms with E-state index >= 15 is 0 Å². The summed E-state index contributed by atoms with van der Waals surface area (Å²) >= 11 is 6.24. The zero-order valence-corrected chi connectivity index (χ0v) is 15.9. The normalized spacial score (nSPS) is 16.7. The highest BCUT2D eigenvalue weighted by atomic mass is 35.5. The van der Waals surface area contributed by atoms with Crippen molar-refractivity contribution < 1.29 is 12.8 Å². The van der Waals surface area contributed by atoms with Gasteiger partial charge in [0.15, 0.2) is 0 Å². The third-order valence-corrected chi connectivity index (χ3v) is 6.26. The lowest BCUT2D eigenvalue weighted by Crippen LogP contribution is -2.37. The van der Waals surface area contributed by atoms with Gasteiger partial charge in [-0.3, -0.25) is 4.90 Å². The van der Waals surface area contributed by atoms with E-state index in [1.54, 1.807) is 36.4 Å². The van der Waals surface area contributed by atoms with Gasteiger partial charge >= 0.3 is 0 Å². The summed E-state index contributed by atoms with van der Waals surface area (Å²) in [6.45, 7) is 1.70. The van der Waals surface area contributed by atoms with Crippen molar-refractivity contribution in [3.8, 4) is 0 Å². The summed E-state index contributed by atoms with van der Waals surface area (Å²) in [4.78, 5) is 2.09. The smallest absolute Gasteiger partial charge is 0.215 e. The molecule has 0 aromatic heterocycles. The Morgan fingerprint density at radius 2 is 1.77 bits per heavy atom. The molecular weight excluding hydrogens is 375 g/mol. The van der Waals surface area contributed by atoms with E-state index in [1.807, 2.05) is 6.07 Å². The van der Waals surface area contributed by atoms with Crippen molar-refractivity contribution in [1.29, 1.82) is 0 Å². The van der Waals surface area contributed by atoms with Crippen LogP contribution >= 0.6 is 11.6 Å². The molecule has 1 heterocycles. The van der Waals surface area contributed by atoms with Crippen LogP contribution < -0.4 is 4.72 Å². The van der Waals surface area contributed by atoms with Crippen LogP contribution in [0.2, 0.25) is 5.02 Å². The molecular formula is C19H22ClFN2O2S. The van der Waals surface area contributed by atoms with Crippen molar-refractivity contribution in [1.82, 2.24) is 9.62 Å². The first-order chi connectivity index (χ1) is 12.5. The van der Waals surface area contributed by atoms with Gasteiger partial charge in [-0.1, -0.05) is 48.0 Å². The lowest BCUT2D eigenvalue weighted by Gasteiger charge is -2.29. The zero-order valence-electron chi connectivity index (χ0n) is 14.4. The van der Waals surface area contributed by atoms with Crippen LogP contribution in [-0.2, 0) is 15.8 Å². The summed E-state index contributed by atoms with van der Waals surface area (Å²) < 4.78 is 42.0. The minimum atomic E-state index is -3.54. The molecule has 7 heteroatoms. The molecule has 140 valence electrons. The van der Waals surface area contributed by atoms with Gasteiger partial charge in [-0.05, 0) is 43.6 Å². The van der Waals surface area contributed by atoms with Crippen molar-refractivity contribution in [2.75, 3.05) is 19.6 Å². The molecule has 0 radical (unpaired) electrons. The minimum absolute atomic E-state index is 0.0931. The Balaban J connectivity index is 1.78. The van der Waals surface area contributed by atoms with E-state index in [2.05, 4.69) is 9.62 Å². The maximum absolute atomic E-state index is 14.4. The molecule has 26 heavy (non-hydrogen) atoms. The molecule has 2 aromatic carbocycles. The van der Waals surface area contributed by atoms with Gasteiger partial charge in [0.25, 0.3) is 0 Å². The summed E-state index contributed by atoms with van der Waals surface area (Å²) in [6.07, 6.45) is 2.03. The summed E-state index contributed by atoms with van der Waals surface area (Å²) in [5, 5.41) is 0.323. The first-order valence-corrected chi connectivity index (χ1v) is 10.7. The van der Waals surface area contributed by atoms with Crippen LogP contribution in [0.15, 0.2) is 48.5 Å². The molecule has 0 aliphatic carbocycles. The zero-order chi connectivity index (χ0) is 18.6. The predicted molar refractivity (Wildman–Crippen MR) is 102 cm³/mol. The highest BCUT2D eigenvalue weighted by Crippen LogP contribution is 2.32. The fourth-order valence-corrected chi connectivity index (χ4v) is 4.78.